The molecular formula is C18H22N4O2S. The van der Waals surface area contributed by atoms with Gasteiger partial charge in [-0.3, -0.25) is 9.59 Å². The van der Waals surface area contributed by atoms with Crippen molar-refractivity contribution in [1.29, 1.82) is 0 Å². The number of hydrogen-bond donors (Lipinski definition) is 2. The Morgan fingerprint density at radius 3 is 2.84 bits per heavy atom. The van der Waals surface area contributed by atoms with Gasteiger partial charge in [-0.1, -0.05) is 24.3 Å². The van der Waals surface area contributed by atoms with Crippen LogP contribution in [0.3, 0.4) is 0 Å². The van der Waals surface area contributed by atoms with Gasteiger partial charge in [-0.15, -0.1) is 11.3 Å². The van der Waals surface area contributed by atoms with Crippen molar-refractivity contribution in [3.63, 3.8) is 0 Å². The number of benzene rings is 1. The molecule has 2 amide bonds. The number of nitrogens with one attached hydrogen (secondary N) is 1. The van der Waals surface area contributed by atoms with Crippen molar-refractivity contribution in [3.8, 4) is 0 Å². The summed E-state index contributed by atoms with van der Waals surface area (Å²) in [5, 5.41) is 5.55. The molecule has 1 fully saturated rings. The summed E-state index contributed by atoms with van der Waals surface area (Å²) >= 11 is 1.45. The first kappa shape index (κ1) is 17.6. The van der Waals surface area contributed by atoms with E-state index in [-0.39, 0.29) is 11.8 Å². The van der Waals surface area contributed by atoms with Crippen LogP contribution in [0, 0.1) is 0 Å². The predicted molar refractivity (Wildman–Crippen MR) is 97.1 cm³/mol. The highest BCUT2D eigenvalue weighted by atomic mass is 32.1. The van der Waals surface area contributed by atoms with Crippen molar-refractivity contribution in [2.45, 2.75) is 32.4 Å². The van der Waals surface area contributed by atoms with E-state index in [2.05, 4.69) is 10.3 Å². The molecule has 0 atom stereocenters. The van der Waals surface area contributed by atoms with E-state index in [1.165, 1.54) is 11.3 Å². The molecule has 3 N–H and O–H groups in total. The molecule has 25 heavy (non-hydrogen) atoms. The summed E-state index contributed by atoms with van der Waals surface area (Å²) in [5.74, 6) is 0.0142. The van der Waals surface area contributed by atoms with Crippen molar-refractivity contribution in [1.82, 2.24) is 15.2 Å². The van der Waals surface area contributed by atoms with Gasteiger partial charge in [0.05, 0.1) is 5.01 Å². The van der Waals surface area contributed by atoms with E-state index in [9.17, 15) is 9.59 Å². The first-order valence-electron chi connectivity index (χ1n) is 8.44. The maximum absolute atomic E-state index is 12.3. The van der Waals surface area contributed by atoms with Gasteiger partial charge >= 0.3 is 0 Å². The first-order chi connectivity index (χ1) is 12.2. The Morgan fingerprint density at radius 1 is 1.32 bits per heavy atom. The fourth-order valence-corrected chi connectivity index (χ4v) is 3.67. The van der Waals surface area contributed by atoms with E-state index in [4.69, 9.17) is 5.73 Å². The minimum absolute atomic E-state index is 0.188. The SMILES string of the molecule is NCCc1nc(C(=O)NCc2ccccc2CN2CCCC2=O)cs1. The van der Waals surface area contributed by atoms with E-state index < -0.39 is 0 Å². The van der Waals surface area contributed by atoms with Crippen molar-refractivity contribution in [2.24, 2.45) is 5.73 Å². The predicted octanol–water partition coefficient (Wildman–Crippen LogP) is 1.70. The second-order valence-electron chi connectivity index (χ2n) is 6.04. The van der Waals surface area contributed by atoms with Crippen molar-refractivity contribution >= 4 is 23.2 Å². The minimum Gasteiger partial charge on any atom is -0.347 e. The van der Waals surface area contributed by atoms with E-state index in [0.717, 1.165) is 29.1 Å². The first-order valence-corrected chi connectivity index (χ1v) is 9.32. The molecule has 1 aliphatic rings. The molecule has 132 valence electrons. The number of likely N-dealkylation sites (tertiary alicyclic amines) is 1. The second kappa shape index (κ2) is 8.22. The number of carbonyl (C=O) groups excluding carboxylic acids is 2. The number of hydrogen-bond acceptors (Lipinski definition) is 5. The monoisotopic (exact) mass is 358 g/mol. The van der Waals surface area contributed by atoms with Gasteiger partial charge < -0.3 is 16.0 Å². The maximum Gasteiger partial charge on any atom is 0.271 e. The summed E-state index contributed by atoms with van der Waals surface area (Å²) in [6, 6.07) is 7.89. The van der Waals surface area contributed by atoms with Crippen molar-refractivity contribution < 1.29 is 9.59 Å². The molecule has 0 bridgehead atoms. The lowest BCUT2D eigenvalue weighted by atomic mass is 10.1. The lowest BCUT2D eigenvalue weighted by Gasteiger charge is -2.18. The second-order valence-corrected chi connectivity index (χ2v) is 6.98. The smallest absolute Gasteiger partial charge is 0.271 e. The Hall–Kier alpha value is -2.25. The van der Waals surface area contributed by atoms with Crippen LogP contribution < -0.4 is 11.1 Å². The molecule has 3 rings (SSSR count). The third-order valence-corrected chi connectivity index (χ3v) is 5.14. The molecule has 0 radical (unpaired) electrons. The standard InChI is InChI=1S/C18H22N4O2S/c19-8-7-16-21-15(12-25-16)18(24)20-10-13-4-1-2-5-14(13)11-22-9-3-6-17(22)23/h1-2,4-5,12H,3,6-11,19H2,(H,20,24). The van der Waals surface area contributed by atoms with Crippen LogP contribution in [0.25, 0.3) is 0 Å². The van der Waals surface area contributed by atoms with E-state index in [1.54, 1.807) is 5.38 Å². The van der Waals surface area contributed by atoms with Gasteiger partial charge in [-0.05, 0) is 24.1 Å². The van der Waals surface area contributed by atoms with E-state index in [0.29, 0.717) is 38.2 Å². The normalized spacial score (nSPS) is 14.1. The molecule has 1 aliphatic heterocycles. The topological polar surface area (TPSA) is 88.3 Å². The highest BCUT2D eigenvalue weighted by molar-refractivity contribution is 7.09. The summed E-state index contributed by atoms with van der Waals surface area (Å²) in [6.45, 7) is 2.35. The van der Waals surface area contributed by atoms with Gasteiger partial charge in [0.15, 0.2) is 0 Å². The lowest BCUT2D eigenvalue weighted by Crippen LogP contribution is -2.27. The third kappa shape index (κ3) is 4.43. The fraction of sp³-hybridized carbons (Fsp3) is 0.389. The molecule has 0 unspecified atom stereocenters. The molecule has 0 saturated carbocycles. The minimum atomic E-state index is -0.188. The van der Waals surface area contributed by atoms with Crippen LogP contribution in [-0.2, 0) is 24.3 Å². The third-order valence-electron chi connectivity index (χ3n) is 4.23. The molecule has 1 aromatic carbocycles. The van der Waals surface area contributed by atoms with Crippen LogP contribution in [0.4, 0.5) is 0 Å². The number of nitrogens with two attached hydrogens (primary N) is 1. The van der Waals surface area contributed by atoms with Crippen LogP contribution in [0.1, 0.15) is 39.5 Å². The zero-order valence-electron chi connectivity index (χ0n) is 14.0. The van der Waals surface area contributed by atoms with Crippen LogP contribution in [0.15, 0.2) is 29.6 Å². The number of amides is 2. The van der Waals surface area contributed by atoms with Crippen molar-refractivity contribution in [3.05, 3.63) is 51.5 Å². The lowest BCUT2D eigenvalue weighted by molar-refractivity contribution is -0.128. The summed E-state index contributed by atoms with van der Waals surface area (Å²) in [4.78, 5) is 30.3. The summed E-state index contributed by atoms with van der Waals surface area (Å²) < 4.78 is 0. The molecule has 2 heterocycles. The van der Waals surface area contributed by atoms with Gasteiger partial charge in [-0.2, -0.15) is 0 Å². The van der Waals surface area contributed by atoms with E-state index >= 15 is 0 Å². The fourth-order valence-electron chi connectivity index (χ4n) is 2.88. The molecular weight excluding hydrogens is 336 g/mol. The Kier molecular flexibility index (Phi) is 5.78. The van der Waals surface area contributed by atoms with Gasteiger partial charge in [0.1, 0.15) is 5.69 Å². The maximum atomic E-state index is 12.3. The highest BCUT2D eigenvalue weighted by Gasteiger charge is 2.21. The van der Waals surface area contributed by atoms with Crippen LogP contribution in [0.2, 0.25) is 0 Å². The van der Waals surface area contributed by atoms with E-state index in [1.807, 2.05) is 29.2 Å². The van der Waals surface area contributed by atoms with Gasteiger partial charge in [0, 0.05) is 37.9 Å². The number of aromatic nitrogens is 1. The quantitative estimate of drug-likeness (QED) is 0.788. The number of nitrogens with zero attached hydrogens (tertiary/aromatic N) is 2. The average molecular weight is 358 g/mol. The van der Waals surface area contributed by atoms with Gasteiger partial charge in [-0.25, -0.2) is 4.98 Å². The highest BCUT2D eigenvalue weighted by Crippen LogP contribution is 2.17. The summed E-state index contributed by atoms with van der Waals surface area (Å²) in [6.07, 6.45) is 2.24. The largest absolute Gasteiger partial charge is 0.347 e. The summed E-state index contributed by atoms with van der Waals surface area (Å²) in [5.41, 5.74) is 8.03. The molecule has 1 saturated heterocycles. The van der Waals surface area contributed by atoms with Gasteiger partial charge in [0.2, 0.25) is 5.91 Å². The average Bonchev–Trinajstić information content (AvgIpc) is 3.24. The summed E-state index contributed by atoms with van der Waals surface area (Å²) in [7, 11) is 0. The van der Waals surface area contributed by atoms with Crippen LogP contribution >= 0.6 is 11.3 Å². The van der Waals surface area contributed by atoms with Crippen LogP contribution in [-0.4, -0.2) is 34.8 Å². The Bertz CT molecular complexity index is 759. The Labute approximate surface area is 151 Å². The zero-order chi connectivity index (χ0) is 17.6. The zero-order valence-corrected chi connectivity index (χ0v) is 14.8. The molecule has 0 spiro atoms. The Morgan fingerprint density at radius 2 is 2.12 bits per heavy atom. The molecule has 2 aromatic rings. The molecule has 6 nitrogen and oxygen atoms in total. The van der Waals surface area contributed by atoms with Crippen molar-refractivity contribution in [2.75, 3.05) is 13.1 Å². The molecule has 7 heteroatoms. The Balaban J connectivity index is 1.62. The van der Waals surface area contributed by atoms with Crippen LogP contribution in [0.5, 0.6) is 0 Å². The number of rotatable bonds is 7. The molecule has 1 aromatic heterocycles. The molecule has 0 aliphatic carbocycles. The van der Waals surface area contributed by atoms with Gasteiger partial charge in [0.25, 0.3) is 5.91 Å². The number of thiazole rings is 1. The number of carbonyl (C=O) groups is 2.